The molecule has 0 N–H and O–H groups in total. The molecule has 0 spiro atoms. The van der Waals surface area contributed by atoms with E-state index in [0.717, 1.165) is 43.8 Å². The molecule has 4 heterocycles. The molecule has 0 fully saturated rings. The van der Waals surface area contributed by atoms with Gasteiger partial charge in [0.25, 0.3) is 0 Å². The standard InChI is InChI=1S/C31H25N5O4S/c1-18(25-9-6-14-41-25)35-39-16-26-33-30-29-27(20-11-12-22(37-2)24(15-20)38-3)28-21-8-5-4-7-19(21)10-13-23(28)40-31(29)32-17-36(30)34-26/h4-15,17,27H,16H2,1-3H3/b35-18-/t27-/m0/s1. The van der Waals surface area contributed by atoms with Crippen molar-refractivity contribution in [2.45, 2.75) is 19.4 Å². The van der Waals surface area contributed by atoms with E-state index in [2.05, 4.69) is 33.4 Å². The zero-order valence-corrected chi connectivity index (χ0v) is 23.4. The molecule has 7 rings (SSSR count). The quantitative estimate of drug-likeness (QED) is 0.160. The highest BCUT2D eigenvalue weighted by molar-refractivity contribution is 7.12. The number of rotatable bonds is 7. The van der Waals surface area contributed by atoms with Gasteiger partial charge in [-0.15, -0.1) is 16.4 Å². The van der Waals surface area contributed by atoms with Gasteiger partial charge < -0.3 is 19.0 Å². The van der Waals surface area contributed by atoms with Crippen molar-refractivity contribution >= 4 is 33.5 Å². The number of oxime groups is 1. The van der Waals surface area contributed by atoms with Gasteiger partial charge in [0.15, 0.2) is 29.6 Å². The van der Waals surface area contributed by atoms with E-state index in [0.29, 0.717) is 28.9 Å². The van der Waals surface area contributed by atoms with E-state index in [4.69, 9.17) is 24.0 Å². The zero-order valence-electron chi connectivity index (χ0n) is 22.6. The maximum Gasteiger partial charge on any atom is 0.228 e. The van der Waals surface area contributed by atoms with E-state index < -0.39 is 0 Å². The summed E-state index contributed by atoms with van der Waals surface area (Å²) >= 11 is 1.61. The Labute approximate surface area is 239 Å². The highest BCUT2D eigenvalue weighted by atomic mass is 32.1. The predicted molar refractivity (Wildman–Crippen MR) is 157 cm³/mol. The first-order chi connectivity index (χ1) is 20.1. The molecule has 1 atom stereocenters. The molecule has 3 aromatic carbocycles. The van der Waals surface area contributed by atoms with Crippen LogP contribution in [0.3, 0.4) is 0 Å². The summed E-state index contributed by atoms with van der Waals surface area (Å²) in [5, 5.41) is 13.1. The summed E-state index contributed by atoms with van der Waals surface area (Å²) in [6, 6.07) is 22.3. The first-order valence-electron chi connectivity index (χ1n) is 13.0. The van der Waals surface area contributed by atoms with Gasteiger partial charge in [-0.25, -0.2) is 14.5 Å². The SMILES string of the molecule is COc1ccc([C@H]2c3c(ccc4ccccc34)Oc3ncn4nc(CO/N=C(/C)c5cccs5)nc4c32)cc1OC. The molecule has 6 aromatic rings. The summed E-state index contributed by atoms with van der Waals surface area (Å²) in [7, 11) is 3.26. The number of hydrogen-bond acceptors (Lipinski definition) is 9. The van der Waals surface area contributed by atoms with Crippen molar-refractivity contribution in [2.24, 2.45) is 5.16 Å². The number of benzene rings is 3. The number of ether oxygens (including phenoxy) is 3. The van der Waals surface area contributed by atoms with Crippen LogP contribution in [-0.2, 0) is 11.4 Å². The Balaban J connectivity index is 1.37. The highest BCUT2D eigenvalue weighted by Gasteiger charge is 2.35. The Hall–Kier alpha value is -4.96. The fourth-order valence-electron chi connectivity index (χ4n) is 5.29. The summed E-state index contributed by atoms with van der Waals surface area (Å²) in [5.74, 6) is 2.72. The van der Waals surface area contributed by atoms with Gasteiger partial charge in [-0.2, -0.15) is 0 Å². The summed E-state index contributed by atoms with van der Waals surface area (Å²) in [4.78, 5) is 16.2. The Morgan fingerprint density at radius 2 is 1.88 bits per heavy atom. The fourth-order valence-corrected chi connectivity index (χ4v) is 5.96. The van der Waals surface area contributed by atoms with Crippen LogP contribution in [0.15, 0.2) is 83.6 Å². The third-order valence-corrected chi connectivity index (χ3v) is 8.14. The molecule has 0 saturated carbocycles. The van der Waals surface area contributed by atoms with E-state index in [1.165, 1.54) is 0 Å². The summed E-state index contributed by atoms with van der Waals surface area (Å²) in [5.41, 5.74) is 4.24. The minimum Gasteiger partial charge on any atom is -0.493 e. The molecular formula is C31H25N5O4S. The van der Waals surface area contributed by atoms with Crippen molar-refractivity contribution in [3.05, 3.63) is 106 Å². The van der Waals surface area contributed by atoms with Crippen molar-refractivity contribution < 1.29 is 19.0 Å². The molecule has 10 heteroatoms. The van der Waals surface area contributed by atoms with E-state index in [9.17, 15) is 0 Å². The third kappa shape index (κ3) is 4.33. The van der Waals surface area contributed by atoms with Crippen LogP contribution in [-0.4, -0.2) is 39.5 Å². The van der Waals surface area contributed by atoms with E-state index >= 15 is 0 Å². The van der Waals surface area contributed by atoms with Crippen LogP contribution >= 0.6 is 11.3 Å². The third-order valence-electron chi connectivity index (χ3n) is 7.16. The molecule has 1 aliphatic rings. The first-order valence-corrected chi connectivity index (χ1v) is 13.9. The average Bonchev–Trinajstić information content (AvgIpc) is 3.70. The first kappa shape index (κ1) is 25.0. The molecule has 0 radical (unpaired) electrons. The number of hydrogen-bond donors (Lipinski definition) is 0. The van der Waals surface area contributed by atoms with Crippen LogP contribution in [0.5, 0.6) is 23.1 Å². The normalized spacial score (nSPS) is 14.4. The van der Waals surface area contributed by atoms with E-state index in [1.54, 1.807) is 36.4 Å². The van der Waals surface area contributed by atoms with Gasteiger partial charge in [-0.05, 0) is 52.9 Å². The molecule has 0 aliphatic carbocycles. The lowest BCUT2D eigenvalue weighted by Gasteiger charge is -2.29. The van der Waals surface area contributed by atoms with Crippen molar-refractivity contribution in [1.29, 1.82) is 0 Å². The van der Waals surface area contributed by atoms with Gasteiger partial charge in [0.05, 0.1) is 30.4 Å². The van der Waals surface area contributed by atoms with Gasteiger partial charge in [0.1, 0.15) is 12.1 Å². The van der Waals surface area contributed by atoms with Gasteiger partial charge in [0, 0.05) is 11.5 Å². The molecular weight excluding hydrogens is 538 g/mol. The molecule has 3 aromatic heterocycles. The number of nitrogens with zero attached hydrogens (tertiary/aromatic N) is 5. The van der Waals surface area contributed by atoms with Gasteiger partial charge >= 0.3 is 0 Å². The smallest absolute Gasteiger partial charge is 0.228 e. The molecule has 0 saturated heterocycles. The zero-order chi connectivity index (χ0) is 27.9. The molecule has 41 heavy (non-hydrogen) atoms. The lowest BCUT2D eigenvalue weighted by atomic mass is 9.81. The number of thiophene rings is 1. The maximum atomic E-state index is 6.41. The van der Waals surface area contributed by atoms with E-state index in [-0.39, 0.29) is 12.5 Å². The van der Waals surface area contributed by atoms with Gasteiger partial charge in [0.2, 0.25) is 5.88 Å². The van der Waals surface area contributed by atoms with Gasteiger partial charge in [-0.3, -0.25) is 0 Å². The Bertz CT molecular complexity index is 1930. The molecule has 0 amide bonds. The Morgan fingerprint density at radius 1 is 1.00 bits per heavy atom. The summed E-state index contributed by atoms with van der Waals surface area (Å²) in [6.07, 6.45) is 1.61. The number of methoxy groups -OCH3 is 2. The van der Waals surface area contributed by atoms with Crippen molar-refractivity contribution in [1.82, 2.24) is 19.6 Å². The molecule has 204 valence electrons. The lowest BCUT2D eigenvalue weighted by Crippen LogP contribution is -2.15. The number of fused-ring (bicyclic) bond motifs is 6. The second kappa shape index (κ2) is 10.2. The van der Waals surface area contributed by atoms with E-state index in [1.807, 2.05) is 60.8 Å². The van der Waals surface area contributed by atoms with Crippen LogP contribution in [0.2, 0.25) is 0 Å². The summed E-state index contributed by atoms with van der Waals surface area (Å²) < 4.78 is 19.3. The minimum absolute atomic E-state index is 0.112. The topological polar surface area (TPSA) is 92.4 Å². The molecule has 1 aliphatic heterocycles. The van der Waals surface area contributed by atoms with Crippen LogP contribution in [0.4, 0.5) is 0 Å². The minimum atomic E-state index is -0.270. The molecule has 9 nitrogen and oxygen atoms in total. The Kier molecular flexibility index (Phi) is 6.24. The van der Waals surface area contributed by atoms with Crippen LogP contribution < -0.4 is 14.2 Å². The maximum absolute atomic E-state index is 6.41. The number of aromatic nitrogens is 4. The van der Waals surface area contributed by atoms with Crippen LogP contribution in [0.1, 0.15) is 40.2 Å². The van der Waals surface area contributed by atoms with Gasteiger partial charge in [-0.1, -0.05) is 47.6 Å². The van der Waals surface area contributed by atoms with Crippen molar-refractivity contribution in [2.75, 3.05) is 14.2 Å². The summed E-state index contributed by atoms with van der Waals surface area (Å²) in [6.45, 7) is 2.02. The Morgan fingerprint density at radius 3 is 2.71 bits per heavy atom. The fraction of sp³-hybridized carbons (Fsp3) is 0.161. The average molecular weight is 564 g/mol. The second-order valence-electron chi connectivity index (χ2n) is 9.54. The van der Waals surface area contributed by atoms with Crippen molar-refractivity contribution in [3.8, 4) is 23.1 Å². The monoisotopic (exact) mass is 563 g/mol. The van der Waals surface area contributed by atoms with Crippen LogP contribution in [0.25, 0.3) is 16.4 Å². The highest BCUT2D eigenvalue weighted by Crippen LogP contribution is 2.51. The van der Waals surface area contributed by atoms with Crippen LogP contribution in [0, 0.1) is 0 Å². The molecule has 0 bridgehead atoms. The predicted octanol–water partition coefficient (Wildman–Crippen LogP) is 6.58. The second-order valence-corrected chi connectivity index (χ2v) is 10.5. The largest absolute Gasteiger partial charge is 0.493 e. The lowest BCUT2D eigenvalue weighted by molar-refractivity contribution is 0.125. The molecule has 0 unspecified atom stereocenters. The van der Waals surface area contributed by atoms with Crippen molar-refractivity contribution in [3.63, 3.8) is 0 Å².